The maximum Gasteiger partial charge on any atom is 0.139 e. The highest BCUT2D eigenvalue weighted by atomic mass is 79.9. The molecular weight excluding hydrogens is 765 g/mol. The van der Waals surface area contributed by atoms with E-state index in [9.17, 15) is 8.78 Å². The highest BCUT2D eigenvalue weighted by Crippen LogP contribution is 2.39. The second-order valence-corrected chi connectivity index (χ2v) is 9.86. The van der Waals surface area contributed by atoms with Gasteiger partial charge in [0.25, 0.3) is 0 Å². The van der Waals surface area contributed by atoms with Gasteiger partial charge in [-0.2, -0.15) is 0 Å². The van der Waals surface area contributed by atoms with Crippen molar-refractivity contribution in [3.63, 3.8) is 0 Å². The zero-order valence-electron chi connectivity index (χ0n) is 11.3. The average Bonchev–Trinajstić information content (AvgIpc) is 2.53. The Morgan fingerprint density at radius 3 is 1.83 bits per heavy atom. The quantitative estimate of drug-likeness (QED) is 0.200. The van der Waals surface area contributed by atoms with Gasteiger partial charge in [0, 0.05) is 26.8 Å². The molecular formula is C14H7Br7F2. The first-order valence-electron chi connectivity index (χ1n) is 5.79. The van der Waals surface area contributed by atoms with Gasteiger partial charge in [-0.3, -0.25) is 0 Å². The fraction of sp³-hybridized carbons (Fsp3) is 0.143. The predicted octanol–water partition coefficient (Wildman–Crippen LogP) is 9.63. The fourth-order valence-electron chi connectivity index (χ4n) is 1.38. The van der Waals surface area contributed by atoms with Crippen LogP contribution in [0.5, 0.6) is 0 Å². The van der Waals surface area contributed by atoms with E-state index in [1.165, 1.54) is 6.07 Å². The zero-order chi connectivity index (χ0) is 17.9. The fourth-order valence-corrected chi connectivity index (χ4v) is 5.06. The van der Waals surface area contributed by atoms with E-state index in [0.717, 1.165) is 32.4 Å². The number of halogens is 9. The van der Waals surface area contributed by atoms with Crippen molar-refractivity contribution < 1.29 is 8.78 Å². The maximum absolute atomic E-state index is 12.9. The molecule has 0 aliphatic carbocycles. The molecule has 0 amide bonds. The van der Waals surface area contributed by atoms with Crippen LogP contribution < -0.4 is 0 Å². The predicted molar refractivity (Wildman–Crippen MR) is 116 cm³/mol. The van der Waals surface area contributed by atoms with Crippen LogP contribution in [0.3, 0.4) is 0 Å². The van der Waals surface area contributed by atoms with E-state index in [1.54, 1.807) is 6.07 Å². The number of alkyl halides is 1. The highest BCUT2D eigenvalue weighted by molar-refractivity contribution is 9.15. The molecule has 2 rings (SSSR count). The molecule has 0 saturated carbocycles. The molecule has 23 heavy (non-hydrogen) atoms. The molecule has 0 heterocycles. The number of rotatable bonds is 1. The Morgan fingerprint density at radius 2 is 1.30 bits per heavy atom. The Balaban J connectivity index is 0.000000231. The van der Waals surface area contributed by atoms with Crippen molar-refractivity contribution in [1.82, 2.24) is 0 Å². The van der Waals surface area contributed by atoms with Crippen molar-refractivity contribution in [2.75, 3.05) is 0 Å². The van der Waals surface area contributed by atoms with Crippen molar-refractivity contribution in [3.8, 4) is 0 Å². The summed E-state index contributed by atoms with van der Waals surface area (Å²) >= 11 is 22.9. The van der Waals surface area contributed by atoms with Gasteiger partial charge in [-0.15, -0.1) is 0 Å². The Bertz CT molecular complexity index is 706. The van der Waals surface area contributed by atoms with Crippen molar-refractivity contribution in [2.45, 2.75) is 13.6 Å². The topological polar surface area (TPSA) is 0 Å². The van der Waals surface area contributed by atoms with Crippen molar-refractivity contribution in [3.05, 3.63) is 60.4 Å². The number of hydrogen-bond acceptors (Lipinski definition) is 0. The van der Waals surface area contributed by atoms with Crippen molar-refractivity contribution in [2.24, 2.45) is 0 Å². The molecule has 2 aromatic carbocycles. The van der Waals surface area contributed by atoms with Crippen LogP contribution >= 0.6 is 112 Å². The lowest BCUT2D eigenvalue weighted by molar-refractivity contribution is 0.483. The first-order valence-corrected chi connectivity index (χ1v) is 11.3. The molecule has 0 fully saturated rings. The minimum Gasteiger partial charge on any atom is -0.246 e. The molecule has 126 valence electrons. The molecule has 0 aliphatic heterocycles. The molecule has 2 aromatic rings. The van der Waals surface area contributed by atoms with Crippen LogP contribution in [0.15, 0.2) is 43.4 Å². The van der Waals surface area contributed by atoms with Gasteiger partial charge in [0.15, 0.2) is 0 Å². The standard InChI is InChI=1S/C7H3Br4F.C7H4Br3F/c8-4-1-3(2-12)5(9)7(11)6(4)10;1-3-4(8)2-5(11)7(10)6(3)9/h1H,2H2;2H,1H3. The number of hydrogen-bond donors (Lipinski definition) is 0. The SMILES string of the molecule is Cc1c(Br)cc(F)c(Br)c1Br.FCc1cc(Br)c(Br)c(Br)c1Br. The van der Waals surface area contributed by atoms with Gasteiger partial charge in [-0.25, -0.2) is 8.78 Å². The smallest absolute Gasteiger partial charge is 0.139 e. The summed E-state index contributed by atoms with van der Waals surface area (Å²) in [5.74, 6) is -0.269. The number of benzene rings is 2. The van der Waals surface area contributed by atoms with Crippen LogP contribution in [0.2, 0.25) is 0 Å². The monoisotopic (exact) mass is 765 g/mol. The summed E-state index contributed by atoms with van der Waals surface area (Å²) in [7, 11) is 0. The van der Waals surface area contributed by atoms with Crippen molar-refractivity contribution >= 4 is 112 Å². The van der Waals surface area contributed by atoms with Crippen molar-refractivity contribution in [1.29, 1.82) is 0 Å². The van der Waals surface area contributed by atoms with Crippen LogP contribution in [0, 0.1) is 12.7 Å². The summed E-state index contributed by atoms with van der Waals surface area (Å²) < 4.78 is 30.6. The van der Waals surface area contributed by atoms with E-state index in [0.29, 0.717) is 10.0 Å². The third kappa shape index (κ3) is 5.82. The molecule has 0 bridgehead atoms. The Labute approximate surface area is 192 Å². The molecule has 0 atom stereocenters. The second-order valence-electron chi connectivity index (χ2n) is 4.19. The summed E-state index contributed by atoms with van der Waals surface area (Å²) in [6.07, 6.45) is 0. The lowest BCUT2D eigenvalue weighted by Crippen LogP contribution is -1.85. The first kappa shape index (κ1) is 22.7. The summed E-state index contributed by atoms with van der Waals surface area (Å²) in [4.78, 5) is 0. The largest absolute Gasteiger partial charge is 0.246 e. The van der Waals surface area contributed by atoms with Crippen LogP contribution in [-0.2, 0) is 6.67 Å². The second kappa shape index (κ2) is 10.1. The minimum atomic E-state index is -0.481. The normalized spacial score (nSPS) is 10.3. The van der Waals surface area contributed by atoms with Gasteiger partial charge in [0.05, 0.1) is 4.47 Å². The molecule has 0 unspecified atom stereocenters. The minimum absolute atomic E-state index is 0.269. The molecule has 0 spiro atoms. The Hall–Kier alpha value is 1.66. The molecule has 0 radical (unpaired) electrons. The van der Waals surface area contributed by atoms with E-state index >= 15 is 0 Å². The summed E-state index contributed by atoms with van der Waals surface area (Å²) in [5, 5.41) is 0. The van der Waals surface area contributed by atoms with Gasteiger partial charge in [-0.05, 0) is 126 Å². The summed E-state index contributed by atoms with van der Waals surface area (Å²) in [6, 6.07) is 3.17. The maximum atomic E-state index is 12.9. The van der Waals surface area contributed by atoms with E-state index < -0.39 is 6.67 Å². The third-order valence-corrected chi connectivity index (χ3v) is 10.5. The van der Waals surface area contributed by atoms with E-state index in [1.807, 2.05) is 6.92 Å². The van der Waals surface area contributed by atoms with E-state index in [2.05, 4.69) is 112 Å². The van der Waals surface area contributed by atoms with E-state index in [4.69, 9.17) is 0 Å². The molecule has 0 saturated heterocycles. The Morgan fingerprint density at radius 1 is 0.739 bits per heavy atom. The summed E-state index contributed by atoms with van der Waals surface area (Å²) in [5.41, 5.74) is 1.61. The lowest BCUT2D eigenvalue weighted by atomic mass is 10.2. The van der Waals surface area contributed by atoms with Gasteiger partial charge in [0.1, 0.15) is 12.5 Å². The Kier molecular flexibility index (Phi) is 9.98. The first-order chi connectivity index (χ1) is 10.6. The lowest BCUT2D eigenvalue weighted by Gasteiger charge is -2.06. The molecule has 9 heteroatoms. The van der Waals surface area contributed by atoms with E-state index in [-0.39, 0.29) is 5.82 Å². The van der Waals surface area contributed by atoms with Gasteiger partial charge >= 0.3 is 0 Å². The molecule has 0 aromatic heterocycles. The average molecular weight is 773 g/mol. The van der Waals surface area contributed by atoms with Gasteiger partial charge in [-0.1, -0.05) is 15.9 Å². The van der Waals surface area contributed by atoms with Crippen LogP contribution in [0.1, 0.15) is 11.1 Å². The third-order valence-electron chi connectivity index (χ3n) is 2.67. The van der Waals surface area contributed by atoms with Crippen LogP contribution in [-0.4, -0.2) is 0 Å². The van der Waals surface area contributed by atoms with Crippen LogP contribution in [0.25, 0.3) is 0 Å². The molecule has 0 aliphatic rings. The molecule has 0 nitrogen and oxygen atoms in total. The summed E-state index contributed by atoms with van der Waals surface area (Å²) in [6.45, 7) is 1.42. The van der Waals surface area contributed by atoms with Gasteiger partial charge in [0.2, 0.25) is 0 Å². The zero-order valence-corrected chi connectivity index (χ0v) is 22.4. The highest BCUT2D eigenvalue weighted by Gasteiger charge is 2.11. The molecule has 0 N–H and O–H groups in total. The van der Waals surface area contributed by atoms with Crippen LogP contribution in [0.4, 0.5) is 8.78 Å². The van der Waals surface area contributed by atoms with Gasteiger partial charge < -0.3 is 0 Å².